The van der Waals surface area contributed by atoms with Gasteiger partial charge in [-0.2, -0.15) is 4.98 Å². The SMILES string of the molecule is Cc1cc(-c2ncnc3[nH]c(-c4ccc(N5CCCN(CC6CCN(c7ccc(N8CCC(=O)NC8=O)cc7)CC6)CC5)cc4)cc23)ccc1[C@@H](C)NC(=O)c1nc(C(C)(C)C)no1. The van der Waals surface area contributed by atoms with E-state index in [4.69, 9.17) is 9.51 Å². The molecule has 6 heterocycles. The molecule has 0 saturated carbocycles. The number of aromatic nitrogens is 5. The zero-order valence-electron chi connectivity index (χ0n) is 37.4. The molecule has 3 aliphatic heterocycles. The smallest absolute Gasteiger partial charge is 0.328 e. The van der Waals surface area contributed by atoms with Crippen molar-refractivity contribution in [2.24, 2.45) is 5.92 Å². The van der Waals surface area contributed by atoms with Gasteiger partial charge in [0.25, 0.3) is 0 Å². The molecule has 0 spiro atoms. The lowest BCUT2D eigenvalue weighted by atomic mass is 9.95. The molecule has 3 N–H and O–H groups in total. The molecule has 64 heavy (non-hydrogen) atoms. The normalized spacial score (nSPS) is 17.4. The Labute approximate surface area is 373 Å². The van der Waals surface area contributed by atoms with Crippen molar-refractivity contribution in [1.82, 2.24) is 40.6 Å². The van der Waals surface area contributed by atoms with Gasteiger partial charge in [0.05, 0.1) is 11.7 Å². The van der Waals surface area contributed by atoms with Crippen molar-refractivity contribution >= 4 is 45.9 Å². The second kappa shape index (κ2) is 17.9. The summed E-state index contributed by atoms with van der Waals surface area (Å²) in [6.07, 6.45) is 5.38. The van der Waals surface area contributed by atoms with Crippen molar-refractivity contribution < 1.29 is 18.9 Å². The minimum atomic E-state index is -0.406. The molecule has 0 unspecified atom stereocenters. The van der Waals surface area contributed by atoms with E-state index in [-0.39, 0.29) is 29.3 Å². The molecule has 1 atom stereocenters. The monoisotopic (exact) mass is 863 g/mol. The number of carbonyl (C=O) groups is 3. The van der Waals surface area contributed by atoms with Gasteiger partial charge in [-0.25, -0.2) is 14.8 Å². The third kappa shape index (κ3) is 9.21. The number of rotatable bonds is 10. The van der Waals surface area contributed by atoms with E-state index in [0.29, 0.717) is 24.7 Å². The molecule has 3 aromatic heterocycles. The summed E-state index contributed by atoms with van der Waals surface area (Å²) in [6, 6.07) is 24.7. The summed E-state index contributed by atoms with van der Waals surface area (Å²) >= 11 is 0. The molecule has 0 radical (unpaired) electrons. The number of urea groups is 1. The van der Waals surface area contributed by atoms with E-state index in [9.17, 15) is 14.4 Å². The van der Waals surface area contributed by atoms with Crippen LogP contribution in [0.5, 0.6) is 0 Å². The molecule has 15 nitrogen and oxygen atoms in total. The van der Waals surface area contributed by atoms with Crippen molar-refractivity contribution in [3.8, 4) is 22.5 Å². The number of aromatic amines is 1. The van der Waals surface area contributed by atoms with E-state index in [1.54, 1.807) is 11.2 Å². The number of hydrogen-bond acceptors (Lipinski definition) is 11. The Balaban J connectivity index is 0.780. The number of nitrogens with one attached hydrogen (secondary N) is 3. The van der Waals surface area contributed by atoms with E-state index >= 15 is 0 Å². The maximum absolute atomic E-state index is 13.0. The zero-order chi connectivity index (χ0) is 44.5. The number of hydrogen-bond donors (Lipinski definition) is 3. The van der Waals surface area contributed by atoms with Crippen LogP contribution in [0.2, 0.25) is 0 Å². The first kappa shape index (κ1) is 42.7. The fraction of sp³-hybridized carbons (Fsp3) is 0.408. The highest BCUT2D eigenvalue weighted by molar-refractivity contribution is 6.05. The zero-order valence-corrected chi connectivity index (χ0v) is 37.4. The van der Waals surface area contributed by atoms with Crippen molar-refractivity contribution in [2.75, 3.05) is 67.1 Å². The summed E-state index contributed by atoms with van der Waals surface area (Å²) in [5.74, 6) is 0.498. The Morgan fingerprint density at radius 1 is 0.844 bits per heavy atom. The average Bonchev–Trinajstić information content (AvgIpc) is 3.91. The quantitative estimate of drug-likeness (QED) is 0.124. The molecule has 3 saturated heterocycles. The molecule has 4 amide bonds. The number of benzene rings is 3. The Kier molecular flexibility index (Phi) is 11.9. The minimum Gasteiger partial charge on any atom is -0.372 e. The highest BCUT2D eigenvalue weighted by Gasteiger charge is 2.28. The summed E-state index contributed by atoms with van der Waals surface area (Å²) in [5, 5.41) is 10.3. The largest absolute Gasteiger partial charge is 0.372 e. The second-order valence-corrected chi connectivity index (χ2v) is 18.5. The van der Waals surface area contributed by atoms with Crippen molar-refractivity contribution in [3.63, 3.8) is 0 Å². The first-order valence-corrected chi connectivity index (χ1v) is 22.5. The van der Waals surface area contributed by atoms with Crippen molar-refractivity contribution in [2.45, 2.75) is 71.8 Å². The molecule has 15 heteroatoms. The van der Waals surface area contributed by atoms with E-state index in [0.717, 1.165) is 115 Å². The van der Waals surface area contributed by atoms with Gasteiger partial charge >= 0.3 is 17.8 Å². The van der Waals surface area contributed by atoms with Crippen LogP contribution in [0.3, 0.4) is 0 Å². The van der Waals surface area contributed by atoms with Crippen LogP contribution in [0, 0.1) is 12.8 Å². The summed E-state index contributed by atoms with van der Waals surface area (Å²) in [4.78, 5) is 63.2. The summed E-state index contributed by atoms with van der Waals surface area (Å²) in [6.45, 7) is 17.7. The van der Waals surface area contributed by atoms with Gasteiger partial charge in [0.2, 0.25) is 5.91 Å². The predicted octanol–water partition coefficient (Wildman–Crippen LogP) is 7.65. The average molecular weight is 864 g/mol. The molecular weight excluding hydrogens is 807 g/mol. The predicted molar refractivity (Wildman–Crippen MR) is 249 cm³/mol. The van der Waals surface area contributed by atoms with Gasteiger partial charge in [-0.15, -0.1) is 0 Å². The molecule has 6 aromatic rings. The summed E-state index contributed by atoms with van der Waals surface area (Å²) in [7, 11) is 0. The molecule has 3 aromatic carbocycles. The van der Waals surface area contributed by atoms with Gasteiger partial charge in [-0.1, -0.05) is 50.2 Å². The summed E-state index contributed by atoms with van der Waals surface area (Å²) in [5.41, 5.74) is 9.58. The van der Waals surface area contributed by atoms with Crippen LogP contribution in [0.25, 0.3) is 33.5 Å². The first-order valence-electron chi connectivity index (χ1n) is 22.5. The number of amides is 4. The Hall–Kier alpha value is -6.61. The Bertz CT molecular complexity index is 2640. The summed E-state index contributed by atoms with van der Waals surface area (Å²) < 4.78 is 5.26. The second-order valence-electron chi connectivity index (χ2n) is 18.5. The van der Waals surface area contributed by atoms with Gasteiger partial charge in [-0.05, 0) is 111 Å². The first-order chi connectivity index (χ1) is 30.9. The van der Waals surface area contributed by atoms with Crippen molar-refractivity contribution in [1.29, 1.82) is 0 Å². The van der Waals surface area contributed by atoms with E-state index < -0.39 is 5.91 Å². The van der Waals surface area contributed by atoms with Crippen LogP contribution in [0.4, 0.5) is 21.9 Å². The number of carbonyl (C=O) groups excluding carboxylic acids is 3. The number of H-pyrrole nitrogens is 1. The topological polar surface area (TPSA) is 169 Å². The number of nitrogens with zero attached hydrogens (tertiary/aromatic N) is 8. The Morgan fingerprint density at radius 2 is 1.55 bits per heavy atom. The minimum absolute atomic E-state index is 0.0450. The van der Waals surface area contributed by atoms with Gasteiger partial charge in [0.15, 0.2) is 5.82 Å². The van der Waals surface area contributed by atoms with E-state index in [1.807, 2.05) is 58.9 Å². The lowest BCUT2D eigenvalue weighted by molar-refractivity contribution is -0.120. The number of piperidine rings is 1. The molecule has 3 fully saturated rings. The van der Waals surface area contributed by atoms with E-state index in [2.05, 4.69) is 94.0 Å². The van der Waals surface area contributed by atoms with Crippen LogP contribution in [0.1, 0.15) is 87.1 Å². The standard InChI is InChI=1S/C49H57N11O4/c1-31-27-35(9-16-39(31)32(2)52-45(62)46-55-47(56-64-46)49(3,4)5)43-40-28-41(53-44(40)51-30-50-43)34-7-10-36(11-8-34)58-21-6-20-57(25-26-58)29-33-17-22-59(23-18-33)37-12-14-38(15-13-37)60-24-19-42(61)54-48(60)63/h7-16,27-28,30,32-33H,6,17-26,29H2,1-5H3,(H,52,62)(H,50,51,53)(H,54,61,63)/t32-/m1/s1. The highest BCUT2D eigenvalue weighted by Crippen LogP contribution is 2.33. The maximum Gasteiger partial charge on any atom is 0.328 e. The molecular formula is C49H57N11O4. The number of imide groups is 1. The van der Waals surface area contributed by atoms with Gasteiger partial charge in [-0.3, -0.25) is 19.8 Å². The molecule has 0 aliphatic carbocycles. The van der Waals surface area contributed by atoms with Gasteiger partial charge in [0, 0.05) is 91.4 Å². The number of fused-ring (bicyclic) bond motifs is 1. The fourth-order valence-electron chi connectivity index (χ4n) is 9.25. The molecule has 3 aliphatic rings. The Morgan fingerprint density at radius 3 is 2.25 bits per heavy atom. The van der Waals surface area contributed by atoms with Gasteiger partial charge in [0.1, 0.15) is 12.0 Å². The fourth-order valence-corrected chi connectivity index (χ4v) is 9.25. The lowest BCUT2D eigenvalue weighted by Crippen LogP contribution is -2.49. The maximum atomic E-state index is 13.0. The van der Waals surface area contributed by atoms with Crippen molar-refractivity contribution in [3.05, 3.63) is 102 Å². The van der Waals surface area contributed by atoms with Crippen LogP contribution < -0.4 is 25.3 Å². The number of aryl methyl sites for hydroxylation is 1. The highest BCUT2D eigenvalue weighted by atomic mass is 16.5. The lowest BCUT2D eigenvalue weighted by Gasteiger charge is -2.36. The third-order valence-electron chi connectivity index (χ3n) is 12.9. The molecule has 332 valence electrons. The third-order valence-corrected chi connectivity index (χ3v) is 12.9. The van der Waals surface area contributed by atoms with Crippen LogP contribution in [-0.4, -0.2) is 100 Å². The van der Waals surface area contributed by atoms with Crippen LogP contribution >= 0.6 is 0 Å². The van der Waals surface area contributed by atoms with Crippen LogP contribution in [0.15, 0.2) is 83.6 Å². The molecule has 0 bridgehead atoms. The van der Waals surface area contributed by atoms with Crippen LogP contribution in [-0.2, 0) is 10.2 Å². The van der Waals surface area contributed by atoms with Gasteiger partial charge < -0.3 is 29.5 Å². The van der Waals surface area contributed by atoms with E-state index in [1.165, 1.54) is 11.4 Å². The number of anilines is 3. The molecule has 9 rings (SSSR count).